The molecule has 6 heteroatoms. The summed E-state index contributed by atoms with van der Waals surface area (Å²) in [4.78, 5) is 16.6. The molecule has 0 saturated carbocycles. The fourth-order valence-electron chi connectivity index (χ4n) is 4.63. The fraction of sp³-hybridized carbons (Fsp3) is 0.276. The van der Waals surface area contributed by atoms with Gasteiger partial charge in [0.1, 0.15) is 11.6 Å². The van der Waals surface area contributed by atoms with Gasteiger partial charge in [-0.1, -0.05) is 60.7 Å². The first-order chi connectivity index (χ1) is 17.1. The Morgan fingerprint density at radius 1 is 0.971 bits per heavy atom. The molecule has 1 unspecified atom stereocenters. The number of rotatable bonds is 7. The highest BCUT2D eigenvalue weighted by molar-refractivity contribution is 5.68. The predicted octanol–water partition coefficient (Wildman–Crippen LogP) is 5.69. The molecule has 2 aromatic carbocycles. The largest absolute Gasteiger partial charge is 0.351 e. The van der Waals surface area contributed by atoms with E-state index in [9.17, 15) is 0 Å². The maximum Gasteiger partial charge on any atom is 0.224 e. The van der Waals surface area contributed by atoms with E-state index >= 15 is 0 Å². The molecule has 0 aliphatic carbocycles. The minimum absolute atomic E-state index is 0.0293. The number of nitrogens with two attached hydrogens (primary N) is 1. The van der Waals surface area contributed by atoms with Crippen LogP contribution in [0.3, 0.4) is 0 Å². The molecule has 5 rings (SSSR count). The average molecular weight is 465 g/mol. The Morgan fingerprint density at radius 3 is 2.66 bits per heavy atom. The van der Waals surface area contributed by atoms with Crippen molar-refractivity contribution in [1.82, 2.24) is 15.0 Å². The summed E-state index contributed by atoms with van der Waals surface area (Å²) in [5, 5.41) is 3.48. The van der Waals surface area contributed by atoms with Crippen LogP contribution in [-0.4, -0.2) is 27.5 Å². The molecule has 2 atom stereocenters. The highest BCUT2D eigenvalue weighted by Crippen LogP contribution is 2.33. The Bertz CT molecular complexity index is 1290. The zero-order chi connectivity index (χ0) is 24.2. The number of nitrogens with one attached hydrogen (secondary N) is 1. The van der Waals surface area contributed by atoms with Crippen molar-refractivity contribution in [3.05, 3.63) is 95.7 Å². The molecule has 0 saturated heterocycles. The standard InChI is InChI=1S/C29H32N6/c1-20(18-22-8-6-11-25(19-22)21(2)30)32-29-31-16-15-27(34-29)35-17-7-12-24-13-14-26(33-28(24)35)23-9-4-3-5-10-23/h3-6,8-11,13-16,19-21H,7,12,17-18,30H2,1-2H3,(H,31,32,34)/t20?,21-/m1/s1. The number of fused-ring (bicyclic) bond motifs is 1. The van der Waals surface area contributed by atoms with Crippen molar-refractivity contribution in [2.75, 3.05) is 16.8 Å². The molecule has 0 amide bonds. The Balaban J connectivity index is 1.35. The second kappa shape index (κ2) is 10.2. The Labute approximate surface area is 207 Å². The van der Waals surface area contributed by atoms with Crippen LogP contribution in [-0.2, 0) is 12.8 Å². The van der Waals surface area contributed by atoms with Gasteiger partial charge in [-0.3, -0.25) is 0 Å². The molecule has 3 heterocycles. The van der Waals surface area contributed by atoms with Crippen LogP contribution in [0.1, 0.15) is 43.0 Å². The molecule has 6 nitrogen and oxygen atoms in total. The molecule has 4 aromatic rings. The van der Waals surface area contributed by atoms with Crippen LogP contribution in [0, 0.1) is 0 Å². The summed E-state index contributed by atoms with van der Waals surface area (Å²) in [5.41, 5.74) is 11.8. The molecular formula is C29H32N6. The van der Waals surface area contributed by atoms with Crippen LogP contribution in [0.2, 0.25) is 0 Å². The smallest absolute Gasteiger partial charge is 0.224 e. The first kappa shape index (κ1) is 23.0. The van der Waals surface area contributed by atoms with E-state index in [2.05, 4.69) is 70.7 Å². The lowest BCUT2D eigenvalue weighted by molar-refractivity contribution is 0.741. The topological polar surface area (TPSA) is 80.0 Å². The number of hydrogen-bond donors (Lipinski definition) is 2. The monoisotopic (exact) mass is 464 g/mol. The van der Waals surface area contributed by atoms with E-state index in [1.807, 2.05) is 37.4 Å². The Hall–Kier alpha value is -3.77. The summed E-state index contributed by atoms with van der Waals surface area (Å²) >= 11 is 0. The number of pyridine rings is 1. The van der Waals surface area contributed by atoms with Gasteiger partial charge < -0.3 is 16.0 Å². The normalized spacial score (nSPS) is 14.8. The fourth-order valence-corrected chi connectivity index (χ4v) is 4.63. The molecule has 35 heavy (non-hydrogen) atoms. The van der Waals surface area contributed by atoms with E-state index in [4.69, 9.17) is 15.7 Å². The Morgan fingerprint density at radius 2 is 1.83 bits per heavy atom. The van der Waals surface area contributed by atoms with Crippen LogP contribution in [0.4, 0.5) is 17.6 Å². The second-order valence-corrected chi connectivity index (χ2v) is 9.32. The van der Waals surface area contributed by atoms with E-state index in [1.165, 1.54) is 11.1 Å². The lowest BCUT2D eigenvalue weighted by Crippen LogP contribution is -2.27. The van der Waals surface area contributed by atoms with Gasteiger partial charge in [0, 0.05) is 30.4 Å². The van der Waals surface area contributed by atoms with Gasteiger partial charge in [0.05, 0.1) is 5.69 Å². The predicted molar refractivity (Wildman–Crippen MR) is 143 cm³/mol. The summed E-state index contributed by atoms with van der Waals surface area (Å²) in [5.74, 6) is 2.49. The zero-order valence-corrected chi connectivity index (χ0v) is 20.4. The van der Waals surface area contributed by atoms with Gasteiger partial charge in [-0.05, 0) is 61.9 Å². The lowest BCUT2D eigenvalue weighted by atomic mass is 10.0. The quantitative estimate of drug-likeness (QED) is 0.366. The van der Waals surface area contributed by atoms with E-state index in [-0.39, 0.29) is 12.1 Å². The van der Waals surface area contributed by atoms with Crippen molar-refractivity contribution < 1.29 is 0 Å². The first-order valence-corrected chi connectivity index (χ1v) is 12.3. The van der Waals surface area contributed by atoms with E-state index in [1.54, 1.807) is 0 Å². The maximum atomic E-state index is 6.06. The van der Waals surface area contributed by atoms with Crippen molar-refractivity contribution >= 4 is 17.6 Å². The molecule has 2 aromatic heterocycles. The van der Waals surface area contributed by atoms with Gasteiger partial charge in [0.15, 0.2) is 0 Å². The molecule has 1 aliphatic rings. The summed E-state index contributed by atoms with van der Waals surface area (Å²) in [7, 11) is 0. The molecule has 0 spiro atoms. The molecule has 0 radical (unpaired) electrons. The third-order valence-corrected chi connectivity index (χ3v) is 6.42. The van der Waals surface area contributed by atoms with Crippen molar-refractivity contribution in [2.24, 2.45) is 5.73 Å². The lowest BCUT2D eigenvalue weighted by Gasteiger charge is -2.30. The molecule has 0 bridgehead atoms. The molecular weight excluding hydrogens is 432 g/mol. The van der Waals surface area contributed by atoms with Crippen molar-refractivity contribution in [1.29, 1.82) is 0 Å². The highest BCUT2D eigenvalue weighted by Gasteiger charge is 2.22. The average Bonchev–Trinajstić information content (AvgIpc) is 2.89. The molecule has 1 aliphatic heterocycles. The molecule has 3 N–H and O–H groups in total. The van der Waals surface area contributed by atoms with Gasteiger partial charge in [0.25, 0.3) is 0 Å². The first-order valence-electron chi connectivity index (χ1n) is 12.3. The van der Waals surface area contributed by atoms with Crippen molar-refractivity contribution in [2.45, 2.75) is 45.2 Å². The van der Waals surface area contributed by atoms with Crippen LogP contribution < -0.4 is 16.0 Å². The Kier molecular flexibility index (Phi) is 6.73. The van der Waals surface area contributed by atoms with Crippen LogP contribution in [0.25, 0.3) is 11.3 Å². The number of aromatic nitrogens is 3. The van der Waals surface area contributed by atoms with Gasteiger partial charge in [0.2, 0.25) is 5.95 Å². The summed E-state index contributed by atoms with van der Waals surface area (Å²) in [6.07, 6.45) is 4.78. The summed E-state index contributed by atoms with van der Waals surface area (Å²) in [6.45, 7) is 5.04. The van der Waals surface area contributed by atoms with Crippen molar-refractivity contribution in [3.63, 3.8) is 0 Å². The van der Waals surface area contributed by atoms with Gasteiger partial charge in [-0.2, -0.15) is 4.98 Å². The number of aryl methyl sites for hydroxylation is 1. The number of hydrogen-bond acceptors (Lipinski definition) is 6. The van der Waals surface area contributed by atoms with Gasteiger partial charge in [-0.15, -0.1) is 0 Å². The number of benzene rings is 2. The van der Waals surface area contributed by atoms with E-state index < -0.39 is 0 Å². The van der Waals surface area contributed by atoms with Crippen LogP contribution >= 0.6 is 0 Å². The minimum atomic E-state index is 0.0293. The number of nitrogens with zero attached hydrogens (tertiary/aromatic N) is 4. The SMILES string of the molecule is CC(Cc1cccc([C@@H](C)N)c1)Nc1nccc(N2CCCc3ccc(-c4ccccc4)nc32)n1. The minimum Gasteiger partial charge on any atom is -0.351 e. The zero-order valence-electron chi connectivity index (χ0n) is 20.4. The van der Waals surface area contributed by atoms with Crippen LogP contribution in [0.5, 0.6) is 0 Å². The van der Waals surface area contributed by atoms with Crippen molar-refractivity contribution in [3.8, 4) is 11.3 Å². The van der Waals surface area contributed by atoms with E-state index in [0.29, 0.717) is 5.95 Å². The number of anilines is 3. The third kappa shape index (κ3) is 5.33. The maximum absolute atomic E-state index is 6.06. The summed E-state index contributed by atoms with van der Waals surface area (Å²) in [6, 6.07) is 25.3. The van der Waals surface area contributed by atoms with Gasteiger partial charge >= 0.3 is 0 Å². The summed E-state index contributed by atoms with van der Waals surface area (Å²) < 4.78 is 0. The van der Waals surface area contributed by atoms with Crippen LogP contribution in [0.15, 0.2) is 79.0 Å². The molecule has 0 fully saturated rings. The second-order valence-electron chi connectivity index (χ2n) is 9.32. The third-order valence-electron chi connectivity index (χ3n) is 6.42. The highest BCUT2D eigenvalue weighted by atomic mass is 15.3. The van der Waals surface area contributed by atoms with Gasteiger partial charge in [-0.25, -0.2) is 9.97 Å². The molecule has 178 valence electrons. The van der Waals surface area contributed by atoms with E-state index in [0.717, 1.165) is 54.3 Å².